The van der Waals surface area contributed by atoms with Crippen LogP contribution in [0.4, 0.5) is 5.69 Å². The van der Waals surface area contributed by atoms with Crippen LogP contribution in [0.5, 0.6) is 0 Å². The summed E-state index contributed by atoms with van der Waals surface area (Å²) in [4.78, 5) is 39.8. The molecule has 0 spiro atoms. The predicted octanol–water partition coefficient (Wildman–Crippen LogP) is 7.50. The van der Waals surface area contributed by atoms with Crippen LogP contribution in [-0.4, -0.2) is 23.4 Å². The van der Waals surface area contributed by atoms with Gasteiger partial charge < -0.3 is 10.6 Å². The van der Waals surface area contributed by atoms with Gasteiger partial charge in [-0.15, -0.1) is 11.8 Å². The molecule has 4 aromatic carbocycles. The number of Topliss-reactive ketones (excluding diaryl/α,β-unsaturated/α-hetero) is 1. The summed E-state index contributed by atoms with van der Waals surface area (Å²) in [5.41, 5.74) is 4.90. The second-order valence-electron chi connectivity index (χ2n) is 9.76. The molecule has 0 aliphatic heterocycles. The Balaban J connectivity index is 1.50. The molecular weight excluding hydrogens is 516 g/mol. The average molecular weight is 549 g/mol. The minimum Gasteiger partial charge on any atom is -0.321 e. The molecule has 0 atom stereocenters. The van der Waals surface area contributed by atoms with E-state index >= 15 is 0 Å². The van der Waals surface area contributed by atoms with Crippen molar-refractivity contribution in [2.45, 2.75) is 31.6 Å². The minimum atomic E-state index is -0.449. The number of rotatable bonds is 10. The van der Waals surface area contributed by atoms with Crippen LogP contribution in [0.1, 0.15) is 57.2 Å². The molecule has 0 heterocycles. The number of thioether (sulfide) groups is 1. The third-order valence-electron chi connectivity index (χ3n) is 6.28. The first-order valence-corrected chi connectivity index (χ1v) is 14.1. The Morgan fingerprint density at radius 1 is 0.800 bits per heavy atom. The van der Waals surface area contributed by atoms with Crippen molar-refractivity contribution in [1.29, 1.82) is 0 Å². The summed E-state index contributed by atoms with van der Waals surface area (Å²) in [6.07, 6.45) is 1.67. The molecule has 4 rings (SSSR count). The van der Waals surface area contributed by atoms with Crippen LogP contribution >= 0.6 is 11.8 Å². The van der Waals surface area contributed by atoms with Crippen LogP contribution < -0.4 is 10.6 Å². The molecule has 0 aliphatic carbocycles. The Kier molecular flexibility index (Phi) is 9.71. The molecule has 0 aromatic heterocycles. The minimum absolute atomic E-state index is 0.0387. The van der Waals surface area contributed by atoms with Crippen LogP contribution in [0.3, 0.4) is 0 Å². The zero-order chi connectivity index (χ0) is 28.5. The van der Waals surface area contributed by atoms with Crippen molar-refractivity contribution in [3.63, 3.8) is 0 Å². The number of carbonyl (C=O) groups excluding carboxylic acids is 3. The Bertz CT molecular complexity index is 1510. The van der Waals surface area contributed by atoms with Gasteiger partial charge in [-0.2, -0.15) is 0 Å². The lowest BCUT2D eigenvalue weighted by atomic mass is 10.0. The predicted molar refractivity (Wildman–Crippen MR) is 164 cm³/mol. The molecule has 40 heavy (non-hydrogen) atoms. The SMILES string of the molecule is Cc1ccc(C(=O)CSc2cccc(NC(=O)/C(=C/c3ccc(C(C)C)cc3)NC(=O)c3ccccc3)c2)cc1. The Morgan fingerprint density at radius 3 is 2.17 bits per heavy atom. The molecule has 4 aromatic rings. The van der Waals surface area contributed by atoms with Crippen molar-refractivity contribution in [3.05, 3.63) is 137 Å². The fraction of sp³-hybridized carbons (Fsp3) is 0.147. The summed E-state index contributed by atoms with van der Waals surface area (Å²) in [5.74, 6) is -0.118. The number of anilines is 1. The smallest absolute Gasteiger partial charge is 0.272 e. The molecule has 2 N–H and O–H groups in total. The Morgan fingerprint density at radius 2 is 1.50 bits per heavy atom. The van der Waals surface area contributed by atoms with E-state index in [4.69, 9.17) is 0 Å². The van der Waals surface area contributed by atoms with Crippen molar-refractivity contribution < 1.29 is 14.4 Å². The van der Waals surface area contributed by atoms with E-state index in [0.29, 0.717) is 22.7 Å². The number of benzene rings is 4. The summed E-state index contributed by atoms with van der Waals surface area (Å²) < 4.78 is 0. The highest BCUT2D eigenvalue weighted by Gasteiger charge is 2.16. The van der Waals surface area contributed by atoms with Crippen molar-refractivity contribution in [3.8, 4) is 0 Å². The second-order valence-corrected chi connectivity index (χ2v) is 10.8. The largest absolute Gasteiger partial charge is 0.321 e. The van der Waals surface area contributed by atoms with E-state index in [2.05, 4.69) is 24.5 Å². The quantitative estimate of drug-likeness (QED) is 0.122. The van der Waals surface area contributed by atoms with E-state index in [1.54, 1.807) is 36.4 Å². The van der Waals surface area contributed by atoms with Crippen LogP contribution in [0.15, 0.2) is 114 Å². The maximum Gasteiger partial charge on any atom is 0.272 e. The highest BCUT2D eigenvalue weighted by Crippen LogP contribution is 2.23. The van der Waals surface area contributed by atoms with Crippen LogP contribution in [-0.2, 0) is 4.79 Å². The number of hydrogen-bond acceptors (Lipinski definition) is 4. The molecule has 5 nitrogen and oxygen atoms in total. The van der Waals surface area contributed by atoms with E-state index in [1.807, 2.05) is 79.7 Å². The van der Waals surface area contributed by atoms with Gasteiger partial charge in [0, 0.05) is 21.7 Å². The molecule has 202 valence electrons. The van der Waals surface area contributed by atoms with Crippen molar-refractivity contribution in [2.24, 2.45) is 0 Å². The number of ketones is 1. The van der Waals surface area contributed by atoms with Gasteiger partial charge in [0.05, 0.1) is 5.75 Å². The Hall–Kier alpha value is -4.42. The van der Waals surface area contributed by atoms with E-state index in [0.717, 1.165) is 16.0 Å². The number of amides is 2. The van der Waals surface area contributed by atoms with E-state index < -0.39 is 5.91 Å². The lowest BCUT2D eigenvalue weighted by Crippen LogP contribution is -2.30. The molecular formula is C34H32N2O3S. The van der Waals surface area contributed by atoms with Crippen LogP contribution in [0, 0.1) is 6.92 Å². The van der Waals surface area contributed by atoms with Gasteiger partial charge in [0.2, 0.25) is 0 Å². The Labute approximate surface area is 239 Å². The fourth-order valence-electron chi connectivity index (χ4n) is 3.92. The molecule has 0 aliphatic rings. The maximum atomic E-state index is 13.4. The fourth-order valence-corrected chi connectivity index (χ4v) is 4.77. The van der Waals surface area contributed by atoms with E-state index in [9.17, 15) is 14.4 Å². The summed E-state index contributed by atoms with van der Waals surface area (Å²) in [7, 11) is 0. The highest BCUT2D eigenvalue weighted by atomic mass is 32.2. The highest BCUT2D eigenvalue weighted by molar-refractivity contribution is 8.00. The molecule has 0 radical (unpaired) electrons. The zero-order valence-corrected chi connectivity index (χ0v) is 23.6. The maximum absolute atomic E-state index is 13.4. The first-order valence-electron chi connectivity index (χ1n) is 13.1. The molecule has 6 heteroatoms. The zero-order valence-electron chi connectivity index (χ0n) is 22.8. The number of aryl methyl sites for hydroxylation is 1. The van der Waals surface area contributed by atoms with Gasteiger partial charge in [-0.1, -0.05) is 92.2 Å². The van der Waals surface area contributed by atoms with Crippen molar-refractivity contribution >= 4 is 41.1 Å². The van der Waals surface area contributed by atoms with Gasteiger partial charge in [0.1, 0.15) is 5.70 Å². The summed E-state index contributed by atoms with van der Waals surface area (Å²) in [6.45, 7) is 6.22. The topological polar surface area (TPSA) is 75.3 Å². The van der Waals surface area contributed by atoms with Crippen molar-refractivity contribution in [2.75, 3.05) is 11.1 Å². The van der Waals surface area contributed by atoms with Gasteiger partial charge in [0.15, 0.2) is 5.78 Å². The van der Waals surface area contributed by atoms with Crippen molar-refractivity contribution in [1.82, 2.24) is 5.32 Å². The van der Waals surface area contributed by atoms with E-state index in [-0.39, 0.29) is 23.1 Å². The normalized spacial score (nSPS) is 11.2. The first kappa shape index (κ1) is 28.6. The molecule has 0 saturated heterocycles. The van der Waals surface area contributed by atoms with Gasteiger partial charge in [-0.05, 0) is 60.4 Å². The number of hydrogen-bond donors (Lipinski definition) is 2. The lowest BCUT2D eigenvalue weighted by Gasteiger charge is -2.12. The van der Waals surface area contributed by atoms with E-state index in [1.165, 1.54) is 17.3 Å². The van der Waals surface area contributed by atoms with Gasteiger partial charge >= 0.3 is 0 Å². The number of nitrogens with one attached hydrogen (secondary N) is 2. The molecule has 0 saturated carbocycles. The third kappa shape index (κ3) is 8.04. The third-order valence-corrected chi connectivity index (χ3v) is 7.27. The molecule has 0 fully saturated rings. The first-order chi connectivity index (χ1) is 19.3. The second kappa shape index (κ2) is 13.6. The molecule has 0 unspecified atom stereocenters. The summed E-state index contributed by atoms with van der Waals surface area (Å²) in [6, 6.07) is 31.5. The molecule has 2 amide bonds. The number of carbonyl (C=O) groups is 3. The van der Waals surface area contributed by atoms with Gasteiger partial charge in [-0.25, -0.2) is 0 Å². The van der Waals surface area contributed by atoms with Crippen LogP contribution in [0.2, 0.25) is 0 Å². The van der Waals surface area contributed by atoms with Gasteiger partial charge in [0.25, 0.3) is 11.8 Å². The summed E-state index contributed by atoms with van der Waals surface area (Å²) in [5, 5.41) is 5.67. The average Bonchev–Trinajstić information content (AvgIpc) is 2.97. The van der Waals surface area contributed by atoms with Gasteiger partial charge in [-0.3, -0.25) is 14.4 Å². The van der Waals surface area contributed by atoms with Crippen LogP contribution in [0.25, 0.3) is 6.08 Å². The molecule has 0 bridgehead atoms. The standard InChI is InChI=1S/C34H32N2O3S/c1-23(2)26-18-14-25(15-19-26)20-31(36-33(38)28-8-5-4-6-9-28)34(39)35-29-10-7-11-30(21-29)40-22-32(37)27-16-12-24(3)13-17-27/h4-21,23H,22H2,1-3H3,(H,35,39)(H,36,38)/b31-20-. The lowest BCUT2D eigenvalue weighted by molar-refractivity contribution is -0.113. The monoisotopic (exact) mass is 548 g/mol. The summed E-state index contributed by atoms with van der Waals surface area (Å²) >= 11 is 1.41.